The predicted molar refractivity (Wildman–Crippen MR) is 94.6 cm³/mol. The number of benzene rings is 1. The van der Waals surface area contributed by atoms with Crippen LogP contribution in [0.4, 0.5) is 10.5 Å². The summed E-state index contributed by atoms with van der Waals surface area (Å²) in [6.07, 6.45) is -1.63. The van der Waals surface area contributed by atoms with Crippen molar-refractivity contribution in [2.24, 2.45) is 10.9 Å². The highest BCUT2D eigenvalue weighted by atomic mass is 16.6. The number of aliphatic hydroxyl groups is 1. The number of nitrogens with zero attached hydrogens (tertiary/aromatic N) is 3. The molecule has 1 aromatic carbocycles. The number of rotatable bonds is 5. The molecule has 0 bridgehead atoms. The fourth-order valence-electron chi connectivity index (χ4n) is 2.86. The molecule has 1 aliphatic heterocycles. The van der Waals surface area contributed by atoms with Gasteiger partial charge in [-0.05, 0) is 38.1 Å². The fraction of sp³-hybridized carbons (Fsp3) is 0.471. The molecule has 146 valence electrons. The van der Waals surface area contributed by atoms with Crippen molar-refractivity contribution in [1.82, 2.24) is 4.57 Å². The highest BCUT2D eigenvalue weighted by molar-refractivity contribution is 5.96. The van der Waals surface area contributed by atoms with Crippen molar-refractivity contribution in [2.75, 3.05) is 24.7 Å². The van der Waals surface area contributed by atoms with Crippen LogP contribution in [0.2, 0.25) is 0 Å². The molecule has 2 aromatic rings. The maximum Gasteiger partial charge on any atom is 0.415 e. The number of carbonyl (C=O) groups is 2. The molecule has 27 heavy (non-hydrogen) atoms. The lowest BCUT2D eigenvalue weighted by Crippen LogP contribution is -2.32. The topological polar surface area (TPSA) is 133 Å². The fourth-order valence-corrected chi connectivity index (χ4v) is 2.86. The quantitative estimate of drug-likeness (QED) is 0.579. The maximum atomic E-state index is 12.0. The summed E-state index contributed by atoms with van der Waals surface area (Å²) in [5.41, 5.74) is 6.80. The summed E-state index contributed by atoms with van der Waals surface area (Å²) in [6.45, 7) is 5.86. The molecule has 0 radical (unpaired) electrons. The van der Waals surface area contributed by atoms with E-state index in [1.54, 1.807) is 18.2 Å². The van der Waals surface area contributed by atoms with Gasteiger partial charge >= 0.3 is 11.8 Å². The zero-order valence-corrected chi connectivity index (χ0v) is 15.3. The predicted octanol–water partition coefficient (Wildman–Crippen LogP) is 0.624. The molecule has 0 aliphatic carbocycles. The number of aromatic nitrogens is 1. The Bertz CT molecular complexity index is 939. The summed E-state index contributed by atoms with van der Waals surface area (Å²) < 4.78 is 12.6. The van der Waals surface area contributed by atoms with E-state index in [9.17, 15) is 9.59 Å². The van der Waals surface area contributed by atoms with Gasteiger partial charge in [0.1, 0.15) is 6.61 Å². The Balaban J connectivity index is 2.05. The number of hydrogen-bond acceptors (Lipinski definition) is 7. The molecule has 1 aromatic heterocycles. The molecule has 1 fully saturated rings. The van der Waals surface area contributed by atoms with Gasteiger partial charge in [0.15, 0.2) is 11.7 Å². The number of anilines is 1. The second kappa shape index (κ2) is 6.95. The molecule has 1 atom stereocenters. The van der Waals surface area contributed by atoms with Gasteiger partial charge in [-0.2, -0.15) is 0 Å². The first-order valence-electron chi connectivity index (χ1n) is 8.43. The minimum Gasteiger partial charge on any atom is -0.434 e. The molecule has 10 nitrogen and oxygen atoms in total. The highest BCUT2D eigenvalue weighted by Crippen LogP contribution is 2.28. The number of amides is 2. The molecular weight excluding hydrogens is 356 g/mol. The monoisotopic (exact) mass is 378 g/mol. The van der Waals surface area contributed by atoms with Crippen LogP contribution in [0.15, 0.2) is 27.8 Å². The van der Waals surface area contributed by atoms with E-state index in [4.69, 9.17) is 24.8 Å². The van der Waals surface area contributed by atoms with Crippen LogP contribution < -0.4 is 16.3 Å². The van der Waals surface area contributed by atoms with Gasteiger partial charge in [-0.1, -0.05) is 0 Å². The minimum atomic E-state index is -0.984. The molecule has 3 N–H and O–H groups in total. The van der Waals surface area contributed by atoms with E-state index in [1.165, 1.54) is 4.90 Å². The van der Waals surface area contributed by atoms with Crippen LogP contribution >= 0.6 is 0 Å². The SMILES string of the molecule is CC(C)(C)n1c(=NOCCO)oc2cc(N3C[C@H](C(N)=O)OC3=O)ccc21. The minimum absolute atomic E-state index is 0.0382. The lowest BCUT2D eigenvalue weighted by Gasteiger charge is -2.21. The zero-order valence-electron chi connectivity index (χ0n) is 15.3. The van der Waals surface area contributed by atoms with Gasteiger partial charge in [-0.3, -0.25) is 14.3 Å². The van der Waals surface area contributed by atoms with Gasteiger partial charge in [-0.25, -0.2) is 4.79 Å². The van der Waals surface area contributed by atoms with E-state index in [2.05, 4.69) is 5.16 Å². The average molecular weight is 378 g/mol. The van der Waals surface area contributed by atoms with E-state index < -0.39 is 18.1 Å². The van der Waals surface area contributed by atoms with E-state index in [0.29, 0.717) is 11.3 Å². The smallest absolute Gasteiger partial charge is 0.415 e. The Hall–Kier alpha value is -3.01. The van der Waals surface area contributed by atoms with Gasteiger partial charge in [-0.15, -0.1) is 0 Å². The van der Waals surface area contributed by atoms with Crippen molar-refractivity contribution >= 4 is 28.8 Å². The number of nitrogens with two attached hydrogens (primary N) is 1. The Morgan fingerprint density at radius 3 is 2.78 bits per heavy atom. The molecule has 1 aliphatic rings. The van der Waals surface area contributed by atoms with Crippen LogP contribution in [0.5, 0.6) is 0 Å². The molecule has 2 amide bonds. The number of ether oxygens (including phenoxy) is 1. The van der Waals surface area contributed by atoms with Crippen LogP contribution in [0.1, 0.15) is 20.8 Å². The van der Waals surface area contributed by atoms with Crippen molar-refractivity contribution in [1.29, 1.82) is 0 Å². The first-order chi connectivity index (χ1) is 12.7. The van der Waals surface area contributed by atoms with E-state index in [-0.39, 0.29) is 31.0 Å². The molecule has 3 rings (SSSR count). The van der Waals surface area contributed by atoms with E-state index >= 15 is 0 Å². The van der Waals surface area contributed by atoms with Crippen molar-refractivity contribution in [3.8, 4) is 0 Å². The molecule has 1 saturated heterocycles. The van der Waals surface area contributed by atoms with Crippen molar-refractivity contribution in [3.05, 3.63) is 23.9 Å². The number of primary amides is 1. The third-order valence-electron chi connectivity index (χ3n) is 4.01. The summed E-state index contributed by atoms with van der Waals surface area (Å²) in [4.78, 5) is 29.7. The summed E-state index contributed by atoms with van der Waals surface area (Å²) >= 11 is 0. The largest absolute Gasteiger partial charge is 0.434 e. The van der Waals surface area contributed by atoms with Crippen LogP contribution in [-0.4, -0.2) is 47.5 Å². The third-order valence-corrected chi connectivity index (χ3v) is 4.01. The highest BCUT2D eigenvalue weighted by Gasteiger charge is 2.36. The number of fused-ring (bicyclic) bond motifs is 1. The molecule has 2 heterocycles. The van der Waals surface area contributed by atoms with Gasteiger partial charge < -0.3 is 24.8 Å². The van der Waals surface area contributed by atoms with Gasteiger partial charge in [0.25, 0.3) is 5.91 Å². The van der Waals surface area contributed by atoms with Gasteiger partial charge in [0, 0.05) is 11.6 Å². The van der Waals surface area contributed by atoms with Crippen LogP contribution in [0.3, 0.4) is 0 Å². The normalized spacial score (nSPS) is 18.2. The number of oxazole rings is 1. The third kappa shape index (κ3) is 3.61. The van der Waals surface area contributed by atoms with Crippen molar-refractivity contribution in [2.45, 2.75) is 32.4 Å². The molecule has 0 saturated carbocycles. The lowest BCUT2D eigenvalue weighted by molar-refractivity contribution is -0.124. The molecule has 0 spiro atoms. The van der Waals surface area contributed by atoms with Crippen LogP contribution in [-0.2, 0) is 19.9 Å². The van der Waals surface area contributed by atoms with Crippen molar-refractivity contribution in [3.63, 3.8) is 0 Å². The Morgan fingerprint density at radius 1 is 1.44 bits per heavy atom. The molecule has 0 unspecified atom stereocenters. The summed E-state index contributed by atoms with van der Waals surface area (Å²) in [5.74, 6) is -0.697. The van der Waals surface area contributed by atoms with Gasteiger partial charge in [0.05, 0.1) is 24.4 Å². The number of aliphatic hydroxyl groups excluding tert-OH is 1. The zero-order chi connectivity index (χ0) is 19.8. The Kier molecular flexibility index (Phi) is 4.83. The summed E-state index contributed by atoms with van der Waals surface area (Å²) in [6, 6.07) is 5.17. The van der Waals surface area contributed by atoms with E-state index in [1.807, 2.05) is 25.3 Å². The maximum absolute atomic E-state index is 12.0. The number of carbonyl (C=O) groups excluding carboxylic acids is 2. The summed E-state index contributed by atoms with van der Waals surface area (Å²) in [7, 11) is 0. The van der Waals surface area contributed by atoms with Crippen LogP contribution in [0, 0.1) is 0 Å². The first kappa shape index (κ1) is 18.8. The molecular formula is C17H22N4O6. The first-order valence-corrected chi connectivity index (χ1v) is 8.43. The lowest BCUT2D eigenvalue weighted by atomic mass is 10.1. The summed E-state index contributed by atoms with van der Waals surface area (Å²) in [5, 5.41) is 12.8. The Morgan fingerprint density at radius 2 is 2.19 bits per heavy atom. The van der Waals surface area contributed by atoms with Crippen molar-refractivity contribution < 1.29 is 28.7 Å². The average Bonchev–Trinajstić information content (AvgIpc) is 3.14. The second-order valence-electron chi connectivity index (χ2n) is 7.08. The molecule has 10 heteroatoms. The van der Waals surface area contributed by atoms with Crippen LogP contribution in [0.25, 0.3) is 11.1 Å². The standard InChI is InChI=1S/C17H22N4O6/c1-17(2,3)21-11-5-4-10(20-9-13(14(18)23)27-16(20)24)8-12(11)26-15(21)19-25-7-6-22/h4-5,8,13,22H,6-7,9H2,1-3H3,(H2,18,23)/t13-/m1/s1. The van der Waals surface area contributed by atoms with Gasteiger partial charge in [0.2, 0.25) is 0 Å². The second-order valence-corrected chi connectivity index (χ2v) is 7.08. The van der Waals surface area contributed by atoms with E-state index in [0.717, 1.165) is 5.52 Å². The number of hydrogen-bond donors (Lipinski definition) is 2. The Labute approximate surface area is 154 Å². The number of cyclic esters (lactones) is 1.